The second kappa shape index (κ2) is 3.97. The number of fused-ring (bicyclic) bond motifs is 2. The van der Waals surface area contributed by atoms with Gasteiger partial charge in [0, 0.05) is 6.07 Å². The van der Waals surface area contributed by atoms with E-state index in [-0.39, 0.29) is 17.7 Å². The van der Waals surface area contributed by atoms with Crippen molar-refractivity contribution in [1.82, 2.24) is 5.16 Å². The van der Waals surface area contributed by atoms with Gasteiger partial charge in [0.05, 0.1) is 11.8 Å². The van der Waals surface area contributed by atoms with Gasteiger partial charge in [0.15, 0.2) is 5.82 Å². The van der Waals surface area contributed by atoms with Crippen molar-refractivity contribution in [2.75, 3.05) is 5.32 Å². The summed E-state index contributed by atoms with van der Waals surface area (Å²) in [5, 5.41) is 15.4. The monoisotopic (exact) mass is 248 g/mol. The van der Waals surface area contributed by atoms with E-state index in [1.54, 1.807) is 0 Å². The van der Waals surface area contributed by atoms with E-state index in [1.165, 1.54) is 12.3 Å². The van der Waals surface area contributed by atoms with Crippen LogP contribution in [0.5, 0.6) is 0 Å². The van der Waals surface area contributed by atoms with Crippen molar-refractivity contribution in [1.29, 1.82) is 0 Å². The molecular weight excluding hydrogens is 236 g/mol. The first kappa shape index (κ1) is 11.0. The summed E-state index contributed by atoms with van der Waals surface area (Å²) in [4.78, 5) is 23.4. The fourth-order valence-corrected chi connectivity index (χ4v) is 3.00. The Balaban J connectivity index is 1.80. The Hall–Kier alpha value is -2.11. The van der Waals surface area contributed by atoms with Crippen molar-refractivity contribution >= 4 is 17.7 Å². The number of nitrogens with one attached hydrogen (secondary N) is 1. The fraction of sp³-hybridized carbons (Fsp3) is 0.417. The number of rotatable bonds is 3. The molecule has 2 unspecified atom stereocenters. The van der Waals surface area contributed by atoms with Crippen LogP contribution in [-0.2, 0) is 9.59 Å². The van der Waals surface area contributed by atoms with Crippen LogP contribution >= 0.6 is 0 Å². The number of allylic oxidation sites excluding steroid dienone is 2. The van der Waals surface area contributed by atoms with E-state index in [9.17, 15) is 14.7 Å². The Labute approximate surface area is 103 Å². The van der Waals surface area contributed by atoms with E-state index in [0.29, 0.717) is 5.82 Å². The number of carboxylic acid groups (broad SMARTS) is 1. The number of anilines is 1. The minimum atomic E-state index is -0.910. The molecule has 1 aromatic rings. The van der Waals surface area contributed by atoms with Gasteiger partial charge in [-0.05, 0) is 18.3 Å². The zero-order valence-electron chi connectivity index (χ0n) is 9.45. The Morgan fingerprint density at radius 2 is 2.06 bits per heavy atom. The van der Waals surface area contributed by atoms with E-state index >= 15 is 0 Å². The molecule has 6 heteroatoms. The van der Waals surface area contributed by atoms with Crippen molar-refractivity contribution in [3.05, 3.63) is 24.5 Å². The summed E-state index contributed by atoms with van der Waals surface area (Å²) in [6.45, 7) is 0. The maximum absolute atomic E-state index is 12.1. The van der Waals surface area contributed by atoms with Crippen LogP contribution in [0.25, 0.3) is 0 Å². The molecule has 0 aromatic carbocycles. The molecule has 4 atom stereocenters. The summed E-state index contributed by atoms with van der Waals surface area (Å²) in [7, 11) is 0. The van der Waals surface area contributed by atoms with Crippen LogP contribution in [0.2, 0.25) is 0 Å². The third-order valence-electron chi connectivity index (χ3n) is 3.74. The van der Waals surface area contributed by atoms with Gasteiger partial charge in [0.2, 0.25) is 5.91 Å². The molecule has 3 rings (SSSR count). The topological polar surface area (TPSA) is 92.4 Å². The van der Waals surface area contributed by atoms with Crippen LogP contribution < -0.4 is 5.32 Å². The lowest BCUT2D eigenvalue weighted by Gasteiger charge is -2.23. The smallest absolute Gasteiger partial charge is 0.307 e. The standard InChI is InChI=1S/C12H12N2O4/c15-11(13-8-3-4-18-14-8)9-6-1-2-7(5-6)10(9)12(16)17/h1-4,6-7,9-10H,5H2,(H,16,17)(H,13,14,15)/t6?,7?,9-,10+/m0/s1. The van der Waals surface area contributed by atoms with Crippen LogP contribution in [-0.4, -0.2) is 22.1 Å². The SMILES string of the molecule is O=C(O)[C@@H]1C2C=CC(C2)[C@@H]1C(=O)Nc1ccon1. The molecule has 2 bridgehead atoms. The molecule has 1 aromatic heterocycles. The summed E-state index contributed by atoms with van der Waals surface area (Å²) in [6.07, 6.45) is 5.94. The number of carbonyl (C=O) groups excluding carboxylic acids is 1. The number of aromatic nitrogens is 1. The third kappa shape index (κ3) is 1.61. The molecule has 1 heterocycles. The summed E-state index contributed by atoms with van der Waals surface area (Å²) in [6, 6.07) is 1.52. The second-order valence-corrected chi connectivity index (χ2v) is 4.71. The summed E-state index contributed by atoms with van der Waals surface area (Å²) in [5.74, 6) is -2.05. The zero-order valence-corrected chi connectivity index (χ0v) is 9.45. The van der Waals surface area contributed by atoms with E-state index in [0.717, 1.165) is 6.42 Å². The molecule has 0 aliphatic heterocycles. The average molecular weight is 248 g/mol. The molecule has 6 nitrogen and oxygen atoms in total. The van der Waals surface area contributed by atoms with Crippen LogP contribution in [0, 0.1) is 23.7 Å². The largest absolute Gasteiger partial charge is 0.481 e. The summed E-state index contributed by atoms with van der Waals surface area (Å²) < 4.78 is 4.62. The predicted molar refractivity (Wildman–Crippen MR) is 60.5 cm³/mol. The molecule has 1 amide bonds. The lowest BCUT2D eigenvalue weighted by atomic mass is 9.82. The van der Waals surface area contributed by atoms with Gasteiger partial charge < -0.3 is 14.9 Å². The zero-order chi connectivity index (χ0) is 12.7. The second-order valence-electron chi connectivity index (χ2n) is 4.71. The fourth-order valence-electron chi connectivity index (χ4n) is 3.00. The summed E-state index contributed by atoms with van der Waals surface area (Å²) in [5.41, 5.74) is 0. The highest BCUT2D eigenvalue weighted by atomic mass is 16.5. The Morgan fingerprint density at radius 3 is 2.67 bits per heavy atom. The number of hydrogen-bond donors (Lipinski definition) is 2. The van der Waals surface area contributed by atoms with Crippen molar-refractivity contribution < 1.29 is 19.2 Å². The van der Waals surface area contributed by atoms with Gasteiger partial charge in [-0.2, -0.15) is 0 Å². The first-order valence-corrected chi connectivity index (χ1v) is 5.79. The first-order chi connectivity index (χ1) is 8.66. The molecule has 0 saturated heterocycles. The minimum absolute atomic E-state index is 0.0167. The molecule has 1 fully saturated rings. The lowest BCUT2D eigenvalue weighted by Crippen LogP contribution is -2.36. The molecule has 2 N–H and O–H groups in total. The molecule has 0 radical (unpaired) electrons. The molecule has 2 aliphatic rings. The van der Waals surface area contributed by atoms with E-state index < -0.39 is 17.8 Å². The molecule has 18 heavy (non-hydrogen) atoms. The van der Waals surface area contributed by atoms with Crippen LogP contribution in [0.15, 0.2) is 29.0 Å². The van der Waals surface area contributed by atoms with Crippen molar-refractivity contribution in [2.24, 2.45) is 23.7 Å². The van der Waals surface area contributed by atoms with E-state index in [2.05, 4.69) is 15.0 Å². The van der Waals surface area contributed by atoms with Crippen LogP contribution in [0.4, 0.5) is 5.82 Å². The van der Waals surface area contributed by atoms with Gasteiger partial charge in [0.25, 0.3) is 0 Å². The molecule has 2 aliphatic carbocycles. The minimum Gasteiger partial charge on any atom is -0.481 e. The molecule has 0 spiro atoms. The van der Waals surface area contributed by atoms with Crippen LogP contribution in [0.1, 0.15) is 6.42 Å². The van der Waals surface area contributed by atoms with Gasteiger partial charge in [-0.25, -0.2) is 0 Å². The molecule has 1 saturated carbocycles. The third-order valence-corrected chi connectivity index (χ3v) is 3.74. The molecular formula is C12H12N2O4. The van der Waals surface area contributed by atoms with Crippen molar-refractivity contribution in [3.63, 3.8) is 0 Å². The number of carboxylic acids is 1. The van der Waals surface area contributed by atoms with Crippen LogP contribution in [0.3, 0.4) is 0 Å². The van der Waals surface area contributed by atoms with Gasteiger partial charge in [-0.15, -0.1) is 0 Å². The number of carbonyl (C=O) groups is 2. The predicted octanol–water partition coefficient (Wildman–Crippen LogP) is 1.14. The maximum Gasteiger partial charge on any atom is 0.307 e. The first-order valence-electron chi connectivity index (χ1n) is 5.79. The van der Waals surface area contributed by atoms with E-state index in [1.807, 2.05) is 12.2 Å². The maximum atomic E-state index is 12.1. The number of aliphatic carboxylic acids is 1. The average Bonchev–Trinajstić information content (AvgIpc) is 3.03. The number of hydrogen-bond acceptors (Lipinski definition) is 4. The Morgan fingerprint density at radius 1 is 1.33 bits per heavy atom. The highest BCUT2D eigenvalue weighted by molar-refractivity contribution is 5.95. The quantitative estimate of drug-likeness (QED) is 0.782. The Kier molecular flexibility index (Phi) is 2.43. The summed E-state index contributed by atoms with van der Waals surface area (Å²) >= 11 is 0. The van der Waals surface area contributed by atoms with Gasteiger partial charge in [0.1, 0.15) is 6.26 Å². The normalized spacial score (nSPS) is 32.7. The molecule has 94 valence electrons. The number of nitrogens with zero attached hydrogens (tertiary/aromatic N) is 1. The van der Waals surface area contributed by atoms with Gasteiger partial charge in [-0.1, -0.05) is 17.3 Å². The number of amides is 1. The van der Waals surface area contributed by atoms with E-state index in [4.69, 9.17) is 0 Å². The lowest BCUT2D eigenvalue weighted by molar-refractivity contribution is -0.146. The highest BCUT2D eigenvalue weighted by Crippen LogP contribution is 2.48. The Bertz CT molecular complexity index is 508. The van der Waals surface area contributed by atoms with Gasteiger partial charge >= 0.3 is 5.97 Å². The highest BCUT2D eigenvalue weighted by Gasteiger charge is 2.51. The van der Waals surface area contributed by atoms with Crippen molar-refractivity contribution in [3.8, 4) is 0 Å². The van der Waals surface area contributed by atoms with Crippen molar-refractivity contribution in [2.45, 2.75) is 6.42 Å². The van der Waals surface area contributed by atoms with Gasteiger partial charge in [-0.3, -0.25) is 9.59 Å².